The predicted octanol–water partition coefficient (Wildman–Crippen LogP) is 4.66. The molecule has 0 fully saturated rings. The maximum atomic E-state index is 14.3. The zero-order chi connectivity index (χ0) is 29.4. The molecular formula is C31H33N5O5. The Kier molecular flexibility index (Phi) is 9.34. The first-order valence-corrected chi connectivity index (χ1v) is 13.4. The molecule has 10 heteroatoms. The number of nitrogens with zero attached hydrogens (tertiary/aromatic N) is 2. The van der Waals surface area contributed by atoms with Crippen LogP contribution in [0.4, 0.5) is 21.9 Å². The van der Waals surface area contributed by atoms with Gasteiger partial charge in [-0.2, -0.15) is 5.26 Å². The van der Waals surface area contributed by atoms with Crippen LogP contribution >= 0.6 is 0 Å². The average Bonchev–Trinajstić information content (AvgIpc) is 3.17. The van der Waals surface area contributed by atoms with E-state index in [1.165, 1.54) is 4.90 Å². The first-order valence-electron chi connectivity index (χ1n) is 13.4. The quantitative estimate of drug-likeness (QED) is 0.295. The smallest absolute Gasteiger partial charge is 0.320 e. The van der Waals surface area contributed by atoms with Crippen LogP contribution in [0.15, 0.2) is 72.8 Å². The highest BCUT2D eigenvalue weighted by Gasteiger charge is 2.53. The first kappa shape index (κ1) is 29.3. The Hall–Kier alpha value is -4.72. The number of urea groups is 1. The van der Waals surface area contributed by atoms with Crippen LogP contribution in [0.2, 0.25) is 0 Å². The van der Waals surface area contributed by atoms with Crippen molar-refractivity contribution in [2.24, 2.45) is 0 Å². The molecule has 212 valence electrons. The van der Waals surface area contributed by atoms with Crippen molar-refractivity contribution in [3.8, 4) is 6.07 Å². The molecule has 1 aliphatic heterocycles. The molecule has 1 atom stereocenters. The summed E-state index contributed by atoms with van der Waals surface area (Å²) in [6.45, 7) is 6.43. The van der Waals surface area contributed by atoms with Gasteiger partial charge >= 0.3 is 6.03 Å². The van der Waals surface area contributed by atoms with Crippen molar-refractivity contribution in [3.63, 3.8) is 0 Å². The average molecular weight is 556 g/mol. The fraction of sp³-hybridized carbons (Fsp3) is 0.290. The summed E-state index contributed by atoms with van der Waals surface area (Å²) < 4.78 is 11.4. The van der Waals surface area contributed by atoms with Gasteiger partial charge in [-0.1, -0.05) is 35.9 Å². The minimum Gasteiger partial charge on any atom is -0.351 e. The van der Waals surface area contributed by atoms with Crippen molar-refractivity contribution in [1.82, 2.24) is 5.32 Å². The van der Waals surface area contributed by atoms with E-state index < -0.39 is 29.7 Å². The van der Waals surface area contributed by atoms with Crippen molar-refractivity contribution >= 4 is 34.9 Å². The fourth-order valence-corrected chi connectivity index (χ4v) is 4.78. The van der Waals surface area contributed by atoms with E-state index in [0.29, 0.717) is 41.4 Å². The molecule has 4 rings (SSSR count). The normalized spacial score (nSPS) is 15.8. The Morgan fingerprint density at radius 1 is 0.927 bits per heavy atom. The Bertz CT molecular complexity index is 1430. The number of nitrogens with one attached hydrogen (secondary N) is 3. The predicted molar refractivity (Wildman–Crippen MR) is 155 cm³/mol. The second kappa shape index (κ2) is 13.1. The Balaban J connectivity index is 1.68. The Morgan fingerprint density at radius 2 is 1.54 bits per heavy atom. The van der Waals surface area contributed by atoms with Gasteiger partial charge in [0.05, 0.1) is 30.3 Å². The maximum Gasteiger partial charge on any atom is 0.320 e. The highest BCUT2D eigenvalue weighted by molar-refractivity contribution is 6.12. The lowest BCUT2D eigenvalue weighted by Crippen LogP contribution is -2.56. The van der Waals surface area contributed by atoms with Crippen LogP contribution in [-0.2, 0) is 24.6 Å². The lowest BCUT2D eigenvalue weighted by Gasteiger charge is -2.30. The lowest BCUT2D eigenvalue weighted by molar-refractivity contribution is -0.138. The first-order chi connectivity index (χ1) is 19.8. The van der Waals surface area contributed by atoms with Crippen molar-refractivity contribution in [2.45, 2.75) is 39.0 Å². The summed E-state index contributed by atoms with van der Waals surface area (Å²) >= 11 is 0. The van der Waals surface area contributed by atoms with E-state index in [4.69, 9.17) is 14.7 Å². The van der Waals surface area contributed by atoms with E-state index in [-0.39, 0.29) is 13.0 Å². The van der Waals surface area contributed by atoms with Gasteiger partial charge in [-0.25, -0.2) is 4.79 Å². The number of benzene rings is 3. The third-order valence-corrected chi connectivity index (χ3v) is 6.66. The number of carbonyl (C=O) groups excluding carboxylic acids is 3. The summed E-state index contributed by atoms with van der Waals surface area (Å²) in [6.07, 6.45) is -1.06. The molecule has 4 amide bonds. The number of aryl methyl sites for hydroxylation is 1. The number of hydrogen-bond donors (Lipinski definition) is 3. The topological polar surface area (TPSA) is 133 Å². The van der Waals surface area contributed by atoms with E-state index in [9.17, 15) is 14.4 Å². The van der Waals surface area contributed by atoms with Gasteiger partial charge in [-0.15, -0.1) is 0 Å². The van der Waals surface area contributed by atoms with Crippen LogP contribution in [0, 0.1) is 18.3 Å². The number of carbonyl (C=O) groups is 3. The monoisotopic (exact) mass is 555 g/mol. The van der Waals surface area contributed by atoms with Gasteiger partial charge in [-0.3, -0.25) is 9.59 Å². The minimum absolute atomic E-state index is 0.0672. The zero-order valence-electron chi connectivity index (χ0n) is 23.3. The molecule has 3 N–H and O–H groups in total. The number of anilines is 3. The van der Waals surface area contributed by atoms with Gasteiger partial charge in [0, 0.05) is 30.2 Å². The number of nitriles is 1. The van der Waals surface area contributed by atoms with Crippen molar-refractivity contribution in [3.05, 3.63) is 89.5 Å². The van der Waals surface area contributed by atoms with E-state index in [2.05, 4.69) is 16.0 Å². The van der Waals surface area contributed by atoms with Crippen LogP contribution < -0.4 is 20.9 Å². The molecular weight excluding hydrogens is 522 g/mol. The van der Waals surface area contributed by atoms with Crippen molar-refractivity contribution < 1.29 is 23.9 Å². The van der Waals surface area contributed by atoms with Gasteiger partial charge in [0.2, 0.25) is 5.91 Å². The summed E-state index contributed by atoms with van der Waals surface area (Å²) in [7, 11) is 0. The van der Waals surface area contributed by atoms with Gasteiger partial charge in [0.1, 0.15) is 0 Å². The van der Waals surface area contributed by atoms with Gasteiger partial charge in [0.15, 0.2) is 11.8 Å². The molecule has 0 aromatic heterocycles. The number of amides is 4. The van der Waals surface area contributed by atoms with Gasteiger partial charge < -0.3 is 30.3 Å². The Labute approximate surface area is 239 Å². The number of para-hydroxylation sites is 1. The number of ether oxygens (including phenoxy) is 2. The molecule has 10 nitrogen and oxygen atoms in total. The standard InChI is InChI=1S/C31H33N5O5/c1-4-40-28(41-5-2)20-36-26-9-7-6-8-25(26)31(29(36)38,18-27(37)33-23-14-10-21(3)11-15-23)35-30(39)34-24-16-12-22(19-32)13-17-24/h6-17,28H,4-5,18,20H2,1-3H3,(H,33,37)(H2,34,35,39)/t31-/m0/s1. The van der Waals surface area contributed by atoms with Crippen molar-refractivity contribution in [1.29, 1.82) is 5.26 Å². The summed E-state index contributed by atoms with van der Waals surface area (Å²) in [5.41, 5.74) is 1.77. The molecule has 0 bridgehead atoms. The third kappa shape index (κ3) is 6.72. The molecule has 0 unspecified atom stereocenters. The second-order valence-corrected chi connectivity index (χ2v) is 9.54. The molecule has 0 saturated heterocycles. The van der Waals surface area contributed by atoms with E-state index >= 15 is 0 Å². The SMILES string of the molecule is CCOC(CN1C(=O)[C@@](CC(=O)Nc2ccc(C)cc2)(NC(=O)Nc2ccc(C#N)cc2)c2ccccc21)OCC. The molecule has 0 aliphatic carbocycles. The maximum absolute atomic E-state index is 14.3. The summed E-state index contributed by atoms with van der Waals surface area (Å²) in [4.78, 5) is 42.6. The molecule has 1 heterocycles. The van der Waals surface area contributed by atoms with Crippen LogP contribution in [-0.4, -0.2) is 43.9 Å². The molecule has 0 spiro atoms. The summed E-state index contributed by atoms with van der Waals surface area (Å²) in [5, 5.41) is 17.4. The van der Waals surface area contributed by atoms with E-state index in [1.807, 2.05) is 39.0 Å². The van der Waals surface area contributed by atoms with Crippen LogP contribution in [0.25, 0.3) is 0 Å². The zero-order valence-corrected chi connectivity index (χ0v) is 23.3. The Morgan fingerprint density at radius 3 is 2.17 bits per heavy atom. The van der Waals surface area contributed by atoms with E-state index in [1.54, 1.807) is 60.7 Å². The lowest BCUT2D eigenvalue weighted by atomic mass is 9.87. The summed E-state index contributed by atoms with van der Waals surface area (Å²) in [5.74, 6) is -0.944. The molecule has 3 aromatic rings. The minimum atomic E-state index is -1.72. The largest absolute Gasteiger partial charge is 0.351 e. The molecule has 0 saturated carbocycles. The number of hydrogen-bond acceptors (Lipinski definition) is 6. The van der Waals surface area contributed by atoms with Crippen LogP contribution in [0.5, 0.6) is 0 Å². The van der Waals surface area contributed by atoms with Gasteiger partial charge in [0.25, 0.3) is 5.91 Å². The highest BCUT2D eigenvalue weighted by Crippen LogP contribution is 2.43. The fourth-order valence-electron chi connectivity index (χ4n) is 4.78. The third-order valence-electron chi connectivity index (χ3n) is 6.66. The van der Waals surface area contributed by atoms with Crippen LogP contribution in [0.3, 0.4) is 0 Å². The number of rotatable bonds is 11. The van der Waals surface area contributed by atoms with E-state index in [0.717, 1.165) is 5.56 Å². The van der Waals surface area contributed by atoms with Crippen molar-refractivity contribution in [2.75, 3.05) is 35.3 Å². The number of fused-ring (bicyclic) bond motifs is 1. The van der Waals surface area contributed by atoms with Crippen LogP contribution in [0.1, 0.15) is 37.0 Å². The molecule has 0 radical (unpaired) electrons. The summed E-state index contributed by atoms with van der Waals surface area (Å²) in [6, 6.07) is 22.0. The second-order valence-electron chi connectivity index (χ2n) is 9.54. The molecule has 3 aromatic carbocycles. The molecule has 41 heavy (non-hydrogen) atoms. The molecule has 1 aliphatic rings. The highest BCUT2D eigenvalue weighted by atomic mass is 16.7. The van der Waals surface area contributed by atoms with Gasteiger partial charge in [-0.05, 0) is 63.2 Å².